The molecule has 1 aromatic heterocycles. The van der Waals surface area contributed by atoms with Crippen molar-refractivity contribution in [2.75, 3.05) is 5.73 Å². The second-order valence-electron chi connectivity index (χ2n) is 3.78. The number of alkyl halides is 6. The first-order chi connectivity index (χ1) is 8.62. The van der Waals surface area contributed by atoms with E-state index >= 15 is 0 Å². The first kappa shape index (κ1) is 13.4. The number of nitrogen functional groups attached to an aromatic ring is 1. The van der Waals surface area contributed by atoms with Gasteiger partial charge in [-0.3, -0.25) is 4.98 Å². The number of hydrogen-bond acceptors (Lipinski definition) is 2. The Hall–Kier alpha value is -1.99. The Morgan fingerprint density at radius 2 is 1.53 bits per heavy atom. The summed E-state index contributed by atoms with van der Waals surface area (Å²) in [6, 6.07) is 2.24. The Bertz CT molecular complexity index is 629. The van der Waals surface area contributed by atoms with Crippen LogP contribution < -0.4 is 5.73 Å². The molecule has 0 fully saturated rings. The summed E-state index contributed by atoms with van der Waals surface area (Å²) in [6.45, 7) is 0. The number of benzene rings is 1. The molecule has 1 heterocycles. The lowest BCUT2D eigenvalue weighted by Gasteiger charge is -2.16. The van der Waals surface area contributed by atoms with Crippen LogP contribution in [0.3, 0.4) is 0 Å². The SMILES string of the molecule is Nc1c(C(F)(F)F)cc(C(F)(F)F)c2cccnc12. The largest absolute Gasteiger partial charge is 0.418 e. The standard InChI is InChI=1S/C11H6F6N2/c12-10(13,14)6-4-7(11(15,16)17)8(18)9-5(6)2-1-3-19-9/h1-4H,18H2. The van der Waals surface area contributed by atoms with Crippen molar-refractivity contribution in [1.82, 2.24) is 4.98 Å². The van der Waals surface area contributed by atoms with E-state index in [1.54, 1.807) is 0 Å². The maximum Gasteiger partial charge on any atom is 0.418 e. The van der Waals surface area contributed by atoms with Gasteiger partial charge in [-0.2, -0.15) is 26.3 Å². The van der Waals surface area contributed by atoms with Crippen LogP contribution in [-0.4, -0.2) is 4.98 Å². The number of rotatable bonds is 0. The van der Waals surface area contributed by atoms with E-state index in [-0.39, 0.29) is 6.07 Å². The Labute approximate surface area is 102 Å². The summed E-state index contributed by atoms with van der Waals surface area (Å²) in [5.41, 5.74) is 1.01. The smallest absolute Gasteiger partial charge is 0.396 e. The molecule has 1 aromatic carbocycles. The minimum atomic E-state index is -4.98. The van der Waals surface area contributed by atoms with Crippen molar-refractivity contribution in [3.05, 3.63) is 35.5 Å². The number of pyridine rings is 1. The van der Waals surface area contributed by atoms with Crippen LogP contribution in [0.4, 0.5) is 32.0 Å². The fourth-order valence-corrected chi connectivity index (χ4v) is 1.73. The molecule has 0 radical (unpaired) electrons. The van der Waals surface area contributed by atoms with E-state index < -0.39 is 40.1 Å². The molecule has 0 spiro atoms. The Morgan fingerprint density at radius 3 is 2.05 bits per heavy atom. The van der Waals surface area contributed by atoms with E-state index in [0.29, 0.717) is 0 Å². The van der Waals surface area contributed by atoms with Gasteiger partial charge in [-0.25, -0.2) is 0 Å². The molecular weight excluding hydrogens is 274 g/mol. The summed E-state index contributed by atoms with van der Waals surface area (Å²) in [4.78, 5) is 3.50. The van der Waals surface area contributed by atoms with Gasteiger partial charge < -0.3 is 5.73 Å². The van der Waals surface area contributed by atoms with Crippen LogP contribution in [0.2, 0.25) is 0 Å². The number of fused-ring (bicyclic) bond motifs is 1. The van der Waals surface area contributed by atoms with Crippen molar-refractivity contribution < 1.29 is 26.3 Å². The first-order valence-electron chi connectivity index (χ1n) is 4.94. The number of anilines is 1. The molecule has 0 unspecified atom stereocenters. The van der Waals surface area contributed by atoms with E-state index in [0.717, 1.165) is 12.3 Å². The summed E-state index contributed by atoms with van der Waals surface area (Å²) in [5.74, 6) is 0. The molecule has 2 rings (SSSR count). The molecule has 8 heteroatoms. The molecule has 2 nitrogen and oxygen atoms in total. The second kappa shape index (κ2) is 4.01. The van der Waals surface area contributed by atoms with Crippen LogP contribution in [-0.2, 0) is 12.4 Å². The molecule has 0 atom stereocenters. The molecule has 0 aliphatic carbocycles. The topological polar surface area (TPSA) is 38.9 Å². The lowest BCUT2D eigenvalue weighted by Crippen LogP contribution is -2.14. The average Bonchev–Trinajstić information content (AvgIpc) is 2.26. The number of nitrogens with zero attached hydrogens (tertiary/aromatic N) is 1. The fraction of sp³-hybridized carbons (Fsp3) is 0.182. The van der Waals surface area contributed by atoms with Crippen molar-refractivity contribution in [3.63, 3.8) is 0 Å². The molecule has 0 aliphatic rings. The average molecular weight is 280 g/mol. The van der Waals surface area contributed by atoms with Gasteiger partial charge in [0.15, 0.2) is 0 Å². The van der Waals surface area contributed by atoms with E-state index in [4.69, 9.17) is 5.73 Å². The Kier molecular flexibility index (Phi) is 2.83. The normalized spacial score (nSPS) is 12.9. The number of aromatic nitrogens is 1. The zero-order valence-corrected chi connectivity index (χ0v) is 9.10. The van der Waals surface area contributed by atoms with Crippen LogP contribution >= 0.6 is 0 Å². The molecule has 0 saturated heterocycles. The van der Waals surface area contributed by atoms with Crippen LogP contribution in [0.5, 0.6) is 0 Å². The summed E-state index contributed by atoms with van der Waals surface area (Å²) in [7, 11) is 0. The van der Waals surface area contributed by atoms with Gasteiger partial charge in [-0.15, -0.1) is 0 Å². The highest BCUT2D eigenvalue weighted by atomic mass is 19.4. The molecule has 2 aromatic rings. The van der Waals surface area contributed by atoms with Crippen molar-refractivity contribution in [2.45, 2.75) is 12.4 Å². The van der Waals surface area contributed by atoms with E-state index in [1.807, 2.05) is 0 Å². The van der Waals surface area contributed by atoms with Crippen LogP contribution in [0.15, 0.2) is 24.4 Å². The van der Waals surface area contributed by atoms with E-state index in [2.05, 4.69) is 4.98 Å². The summed E-state index contributed by atoms with van der Waals surface area (Å²) in [6.07, 6.45) is -8.82. The zero-order chi connectivity index (χ0) is 14.4. The molecule has 0 bridgehead atoms. The quantitative estimate of drug-likeness (QED) is 0.588. The summed E-state index contributed by atoms with van der Waals surface area (Å²) < 4.78 is 76.4. The lowest BCUT2D eigenvalue weighted by molar-refractivity contribution is -0.141. The van der Waals surface area contributed by atoms with Gasteiger partial charge in [-0.1, -0.05) is 6.07 Å². The molecule has 0 saturated carbocycles. The monoisotopic (exact) mass is 280 g/mol. The molecule has 0 aliphatic heterocycles. The van der Waals surface area contributed by atoms with Gasteiger partial charge in [0.2, 0.25) is 0 Å². The maximum absolute atomic E-state index is 12.8. The molecule has 19 heavy (non-hydrogen) atoms. The van der Waals surface area contributed by atoms with Crippen molar-refractivity contribution >= 4 is 16.6 Å². The highest BCUT2D eigenvalue weighted by Crippen LogP contribution is 2.42. The number of hydrogen-bond donors (Lipinski definition) is 1. The Morgan fingerprint density at radius 1 is 0.947 bits per heavy atom. The van der Waals surface area contributed by atoms with Gasteiger partial charge in [-0.05, 0) is 12.1 Å². The summed E-state index contributed by atoms with van der Waals surface area (Å²) >= 11 is 0. The van der Waals surface area contributed by atoms with Gasteiger partial charge in [0.1, 0.15) is 0 Å². The molecule has 2 N–H and O–H groups in total. The zero-order valence-electron chi connectivity index (χ0n) is 9.10. The molecule has 0 amide bonds. The lowest BCUT2D eigenvalue weighted by atomic mass is 10.0. The second-order valence-corrected chi connectivity index (χ2v) is 3.78. The molecular formula is C11H6F6N2. The van der Waals surface area contributed by atoms with Crippen LogP contribution in [0, 0.1) is 0 Å². The third-order valence-electron chi connectivity index (χ3n) is 2.54. The van der Waals surface area contributed by atoms with Gasteiger partial charge in [0, 0.05) is 11.6 Å². The van der Waals surface area contributed by atoms with Gasteiger partial charge in [0.05, 0.1) is 22.3 Å². The highest BCUT2D eigenvalue weighted by molar-refractivity contribution is 5.94. The first-order valence-corrected chi connectivity index (χ1v) is 4.94. The van der Waals surface area contributed by atoms with Crippen LogP contribution in [0.25, 0.3) is 10.9 Å². The minimum Gasteiger partial charge on any atom is -0.396 e. The maximum atomic E-state index is 12.8. The van der Waals surface area contributed by atoms with Crippen LogP contribution in [0.1, 0.15) is 11.1 Å². The molecule has 102 valence electrons. The number of nitrogens with two attached hydrogens (primary N) is 1. The third-order valence-corrected chi connectivity index (χ3v) is 2.54. The minimum absolute atomic E-state index is 0.0132. The van der Waals surface area contributed by atoms with Gasteiger partial charge in [0.25, 0.3) is 0 Å². The third kappa shape index (κ3) is 2.29. The predicted molar refractivity (Wildman–Crippen MR) is 56.2 cm³/mol. The predicted octanol–water partition coefficient (Wildman–Crippen LogP) is 3.85. The van der Waals surface area contributed by atoms with Crippen molar-refractivity contribution in [1.29, 1.82) is 0 Å². The Balaban J connectivity index is 2.93. The van der Waals surface area contributed by atoms with E-state index in [1.165, 1.54) is 6.07 Å². The number of halogens is 6. The van der Waals surface area contributed by atoms with Crippen molar-refractivity contribution in [3.8, 4) is 0 Å². The fourth-order valence-electron chi connectivity index (χ4n) is 1.73. The van der Waals surface area contributed by atoms with Gasteiger partial charge >= 0.3 is 12.4 Å². The van der Waals surface area contributed by atoms with E-state index in [9.17, 15) is 26.3 Å². The van der Waals surface area contributed by atoms with Crippen molar-refractivity contribution in [2.24, 2.45) is 0 Å². The highest BCUT2D eigenvalue weighted by Gasteiger charge is 2.40. The summed E-state index contributed by atoms with van der Waals surface area (Å²) in [5, 5.41) is -0.458.